The molecule has 0 bridgehead atoms. The largest absolute Gasteiger partial charge is 0.352 e. The summed E-state index contributed by atoms with van der Waals surface area (Å²) in [4.78, 5) is 7.02. The molecule has 0 amide bonds. The summed E-state index contributed by atoms with van der Waals surface area (Å²) in [7, 11) is 0. The van der Waals surface area contributed by atoms with Gasteiger partial charge in [-0.1, -0.05) is 18.2 Å². The van der Waals surface area contributed by atoms with Crippen molar-refractivity contribution in [2.24, 2.45) is 5.73 Å². The summed E-state index contributed by atoms with van der Waals surface area (Å²) in [6, 6.07) is 13.1. The lowest BCUT2D eigenvalue weighted by Crippen LogP contribution is -2.37. The Labute approximate surface area is 101 Å². The number of rotatable bonds is 1. The van der Waals surface area contributed by atoms with E-state index in [0.717, 1.165) is 24.3 Å². The van der Waals surface area contributed by atoms with Gasteiger partial charge in [-0.15, -0.1) is 0 Å². The standard InChI is InChI=1S/C14H17N3/c1-10-12(15)8-9-17(10)14-7-6-11-4-2-3-5-13(11)16-14/h2-7,10,12H,8-9,15H2,1H3. The Kier molecular flexibility index (Phi) is 2.48. The number of aromatic nitrogens is 1. The fraction of sp³-hybridized carbons (Fsp3) is 0.357. The first-order chi connectivity index (χ1) is 8.25. The minimum atomic E-state index is 0.267. The number of nitrogens with zero attached hydrogens (tertiary/aromatic N) is 2. The molecule has 1 saturated heterocycles. The van der Waals surface area contributed by atoms with Gasteiger partial charge in [0.05, 0.1) is 5.52 Å². The molecule has 2 atom stereocenters. The van der Waals surface area contributed by atoms with E-state index in [4.69, 9.17) is 10.7 Å². The minimum Gasteiger partial charge on any atom is -0.352 e. The van der Waals surface area contributed by atoms with Gasteiger partial charge in [0.15, 0.2) is 0 Å². The smallest absolute Gasteiger partial charge is 0.129 e. The van der Waals surface area contributed by atoms with Crippen LogP contribution in [0.25, 0.3) is 10.9 Å². The number of hydrogen-bond donors (Lipinski definition) is 1. The van der Waals surface area contributed by atoms with E-state index in [-0.39, 0.29) is 6.04 Å². The van der Waals surface area contributed by atoms with Crippen LogP contribution in [0, 0.1) is 0 Å². The first-order valence-electron chi connectivity index (χ1n) is 6.14. The Hall–Kier alpha value is -1.61. The van der Waals surface area contributed by atoms with Crippen molar-refractivity contribution in [2.45, 2.75) is 25.4 Å². The van der Waals surface area contributed by atoms with Crippen molar-refractivity contribution in [2.75, 3.05) is 11.4 Å². The molecule has 2 aromatic rings. The zero-order valence-corrected chi connectivity index (χ0v) is 10.0. The molecule has 0 saturated carbocycles. The Bertz CT molecular complexity index is 538. The van der Waals surface area contributed by atoms with Crippen molar-refractivity contribution >= 4 is 16.7 Å². The molecule has 1 fully saturated rings. The van der Waals surface area contributed by atoms with Gasteiger partial charge in [0.2, 0.25) is 0 Å². The topological polar surface area (TPSA) is 42.1 Å². The fourth-order valence-electron chi connectivity index (χ4n) is 2.50. The van der Waals surface area contributed by atoms with Crippen LogP contribution in [0.2, 0.25) is 0 Å². The van der Waals surface area contributed by atoms with Gasteiger partial charge in [0.25, 0.3) is 0 Å². The Morgan fingerprint density at radius 3 is 2.82 bits per heavy atom. The maximum absolute atomic E-state index is 6.05. The Morgan fingerprint density at radius 2 is 2.06 bits per heavy atom. The zero-order chi connectivity index (χ0) is 11.8. The van der Waals surface area contributed by atoms with E-state index in [9.17, 15) is 0 Å². The van der Waals surface area contributed by atoms with Gasteiger partial charge >= 0.3 is 0 Å². The molecule has 1 aliphatic rings. The molecular formula is C14H17N3. The highest BCUT2D eigenvalue weighted by molar-refractivity contribution is 5.80. The average molecular weight is 227 g/mol. The van der Waals surface area contributed by atoms with E-state index >= 15 is 0 Å². The van der Waals surface area contributed by atoms with E-state index < -0.39 is 0 Å². The quantitative estimate of drug-likeness (QED) is 0.811. The second-order valence-electron chi connectivity index (χ2n) is 4.75. The van der Waals surface area contributed by atoms with E-state index in [1.165, 1.54) is 5.39 Å². The predicted molar refractivity (Wildman–Crippen MR) is 71.1 cm³/mol. The van der Waals surface area contributed by atoms with Gasteiger partial charge in [-0.2, -0.15) is 0 Å². The molecule has 1 aromatic heterocycles. The van der Waals surface area contributed by atoms with Gasteiger partial charge in [-0.3, -0.25) is 0 Å². The summed E-state index contributed by atoms with van der Waals surface area (Å²) < 4.78 is 0. The second-order valence-corrected chi connectivity index (χ2v) is 4.75. The molecule has 2 N–H and O–H groups in total. The summed E-state index contributed by atoms with van der Waals surface area (Å²) in [5.74, 6) is 1.05. The number of fused-ring (bicyclic) bond motifs is 1. The molecule has 0 spiro atoms. The van der Waals surface area contributed by atoms with Crippen LogP contribution >= 0.6 is 0 Å². The van der Waals surface area contributed by atoms with Crippen LogP contribution < -0.4 is 10.6 Å². The highest BCUT2D eigenvalue weighted by Crippen LogP contribution is 2.24. The van der Waals surface area contributed by atoms with Crippen LogP contribution in [0.3, 0.4) is 0 Å². The lowest BCUT2D eigenvalue weighted by molar-refractivity contribution is 0.622. The molecule has 2 heterocycles. The van der Waals surface area contributed by atoms with E-state index in [1.54, 1.807) is 0 Å². The molecule has 3 heteroatoms. The van der Waals surface area contributed by atoms with Gasteiger partial charge in [-0.05, 0) is 31.5 Å². The lowest BCUT2D eigenvalue weighted by Gasteiger charge is -2.24. The zero-order valence-electron chi connectivity index (χ0n) is 10.0. The number of nitrogens with two attached hydrogens (primary N) is 1. The molecule has 1 aromatic carbocycles. The lowest BCUT2D eigenvalue weighted by atomic mass is 10.1. The normalized spacial score (nSPS) is 24.5. The molecule has 3 rings (SSSR count). The number of para-hydroxylation sites is 1. The summed E-state index contributed by atoms with van der Waals surface area (Å²) in [5.41, 5.74) is 7.10. The fourth-order valence-corrected chi connectivity index (χ4v) is 2.50. The summed E-state index contributed by atoms with van der Waals surface area (Å²) in [5, 5.41) is 1.19. The van der Waals surface area contributed by atoms with Crippen LogP contribution in [0.5, 0.6) is 0 Å². The second kappa shape index (κ2) is 4.00. The Morgan fingerprint density at radius 1 is 1.24 bits per heavy atom. The van der Waals surface area contributed by atoms with Crippen LogP contribution in [-0.2, 0) is 0 Å². The number of anilines is 1. The van der Waals surface area contributed by atoms with Gasteiger partial charge in [0.1, 0.15) is 5.82 Å². The maximum atomic E-state index is 6.05. The van der Waals surface area contributed by atoms with Crippen LogP contribution in [0.1, 0.15) is 13.3 Å². The highest BCUT2D eigenvalue weighted by atomic mass is 15.2. The molecular weight excluding hydrogens is 210 g/mol. The van der Waals surface area contributed by atoms with Crippen molar-refractivity contribution in [3.05, 3.63) is 36.4 Å². The van der Waals surface area contributed by atoms with Crippen molar-refractivity contribution in [1.82, 2.24) is 4.98 Å². The molecule has 0 radical (unpaired) electrons. The van der Waals surface area contributed by atoms with E-state index in [1.807, 2.05) is 12.1 Å². The maximum Gasteiger partial charge on any atom is 0.129 e. The van der Waals surface area contributed by atoms with Gasteiger partial charge in [-0.25, -0.2) is 4.98 Å². The van der Waals surface area contributed by atoms with Crippen LogP contribution in [0.4, 0.5) is 5.82 Å². The first kappa shape index (κ1) is 10.5. The monoisotopic (exact) mass is 227 g/mol. The number of hydrogen-bond acceptors (Lipinski definition) is 3. The van der Waals surface area contributed by atoms with Crippen molar-refractivity contribution in [3.8, 4) is 0 Å². The summed E-state index contributed by atoms with van der Waals surface area (Å²) >= 11 is 0. The molecule has 88 valence electrons. The molecule has 17 heavy (non-hydrogen) atoms. The van der Waals surface area contributed by atoms with E-state index in [2.05, 4.69) is 36.1 Å². The van der Waals surface area contributed by atoms with Crippen molar-refractivity contribution in [1.29, 1.82) is 0 Å². The third kappa shape index (κ3) is 1.76. The van der Waals surface area contributed by atoms with Gasteiger partial charge < -0.3 is 10.6 Å². The molecule has 3 nitrogen and oxygen atoms in total. The van der Waals surface area contributed by atoms with Crippen LogP contribution in [0.15, 0.2) is 36.4 Å². The summed E-state index contributed by atoms with van der Waals surface area (Å²) in [6.07, 6.45) is 1.05. The van der Waals surface area contributed by atoms with Crippen molar-refractivity contribution in [3.63, 3.8) is 0 Å². The molecule has 1 aliphatic heterocycles. The Balaban J connectivity index is 2.01. The molecule has 2 unspecified atom stereocenters. The van der Waals surface area contributed by atoms with Crippen LogP contribution in [-0.4, -0.2) is 23.6 Å². The molecule has 0 aliphatic carbocycles. The first-order valence-corrected chi connectivity index (χ1v) is 6.14. The average Bonchev–Trinajstić information content (AvgIpc) is 2.70. The number of pyridine rings is 1. The third-order valence-electron chi connectivity index (χ3n) is 3.69. The minimum absolute atomic E-state index is 0.267. The van der Waals surface area contributed by atoms with E-state index in [0.29, 0.717) is 6.04 Å². The van der Waals surface area contributed by atoms with Crippen molar-refractivity contribution < 1.29 is 0 Å². The van der Waals surface area contributed by atoms with Gasteiger partial charge in [0, 0.05) is 24.0 Å². The summed E-state index contributed by atoms with van der Waals surface area (Å²) in [6.45, 7) is 3.18. The highest BCUT2D eigenvalue weighted by Gasteiger charge is 2.28. The SMILES string of the molecule is CC1C(N)CCN1c1ccc2ccccc2n1. The number of benzene rings is 1. The third-order valence-corrected chi connectivity index (χ3v) is 3.69. The predicted octanol–water partition coefficient (Wildman–Crippen LogP) is 2.16.